The van der Waals surface area contributed by atoms with E-state index in [0.717, 1.165) is 53.3 Å². The number of rotatable bonds is 1. The predicted octanol–water partition coefficient (Wildman–Crippen LogP) is 6.90. The smallest absolute Gasteiger partial charge is 0.0197 e. The summed E-state index contributed by atoms with van der Waals surface area (Å²) < 4.78 is 0. The molecule has 0 spiro atoms. The maximum Gasteiger partial charge on any atom is -0.0197 e. The van der Waals surface area contributed by atoms with Crippen molar-refractivity contribution in [3.8, 4) is 0 Å². The van der Waals surface area contributed by atoms with E-state index in [1.165, 1.54) is 12.8 Å². The van der Waals surface area contributed by atoms with Gasteiger partial charge in [-0.2, -0.15) is 0 Å². The average molecular weight is 331 g/mol. The Morgan fingerprint density at radius 3 is 2.00 bits per heavy atom. The topological polar surface area (TPSA) is 0 Å². The van der Waals surface area contributed by atoms with E-state index in [4.69, 9.17) is 0 Å². The summed E-state index contributed by atoms with van der Waals surface area (Å²) in [5, 5.41) is 0. The Labute approximate surface area is 151 Å². The van der Waals surface area contributed by atoms with Gasteiger partial charge in [-0.05, 0) is 82.3 Å². The fraction of sp³-hybridized carbons (Fsp3) is 1.00. The van der Waals surface area contributed by atoms with Crippen LogP contribution in [0, 0.1) is 69.5 Å². The second-order valence-electron chi connectivity index (χ2n) is 11.8. The van der Waals surface area contributed by atoms with Gasteiger partial charge in [-0.1, -0.05) is 68.7 Å². The molecule has 4 aliphatic carbocycles. The zero-order valence-corrected chi connectivity index (χ0v) is 17.8. The molecule has 0 aliphatic heterocycles. The highest BCUT2D eigenvalue weighted by Gasteiger charge is 2.81. The summed E-state index contributed by atoms with van der Waals surface area (Å²) in [4.78, 5) is 0. The Morgan fingerprint density at radius 1 is 0.792 bits per heavy atom. The quantitative estimate of drug-likeness (QED) is 0.491. The fourth-order valence-corrected chi connectivity index (χ4v) is 10.2. The van der Waals surface area contributed by atoms with E-state index in [1.807, 2.05) is 0 Å². The lowest BCUT2D eigenvalue weighted by Gasteiger charge is -2.86. The third kappa shape index (κ3) is 1.59. The first-order chi connectivity index (χ1) is 11.0. The summed E-state index contributed by atoms with van der Waals surface area (Å²) in [6.07, 6.45) is 4.42. The highest BCUT2D eigenvalue weighted by molar-refractivity contribution is 5.29. The van der Waals surface area contributed by atoms with Crippen LogP contribution < -0.4 is 0 Å². The van der Waals surface area contributed by atoms with Crippen LogP contribution in [-0.4, -0.2) is 0 Å². The number of hydrogen-bond acceptors (Lipinski definition) is 0. The highest BCUT2D eigenvalue weighted by atomic mass is 14.9. The molecule has 0 aromatic carbocycles. The van der Waals surface area contributed by atoms with Gasteiger partial charge in [0.2, 0.25) is 0 Å². The Morgan fingerprint density at radius 2 is 1.42 bits per heavy atom. The van der Waals surface area contributed by atoms with Gasteiger partial charge in [0.1, 0.15) is 0 Å². The van der Waals surface area contributed by atoms with Crippen LogP contribution in [0.1, 0.15) is 81.6 Å². The molecule has 0 heteroatoms. The van der Waals surface area contributed by atoms with Crippen molar-refractivity contribution in [2.75, 3.05) is 0 Å². The van der Waals surface area contributed by atoms with Crippen molar-refractivity contribution in [3.63, 3.8) is 0 Å². The van der Waals surface area contributed by atoms with E-state index < -0.39 is 0 Å². The Bertz CT molecular complexity index is 532. The largest absolute Gasteiger partial charge is 0.0651 e. The Balaban J connectivity index is 1.87. The van der Waals surface area contributed by atoms with E-state index in [-0.39, 0.29) is 0 Å². The van der Waals surface area contributed by atoms with Crippen LogP contribution in [0.3, 0.4) is 0 Å². The summed E-state index contributed by atoms with van der Waals surface area (Å²) in [5.41, 5.74) is 1.77. The van der Waals surface area contributed by atoms with E-state index >= 15 is 0 Å². The molecule has 0 nitrogen and oxygen atoms in total. The molecule has 0 N–H and O–H groups in total. The number of hydrogen-bond donors (Lipinski definition) is 0. The lowest BCUT2D eigenvalue weighted by molar-refractivity contribution is -0.388. The van der Waals surface area contributed by atoms with Crippen molar-refractivity contribution in [1.29, 1.82) is 0 Å². The van der Waals surface area contributed by atoms with Crippen LogP contribution in [0.5, 0.6) is 0 Å². The van der Waals surface area contributed by atoms with Crippen molar-refractivity contribution >= 4 is 0 Å². The molecular formula is C24H42. The minimum absolute atomic E-state index is 0.523. The molecule has 24 heavy (non-hydrogen) atoms. The summed E-state index contributed by atoms with van der Waals surface area (Å²) in [6, 6.07) is 0. The van der Waals surface area contributed by atoms with Gasteiger partial charge in [0.25, 0.3) is 0 Å². The first-order valence-corrected chi connectivity index (χ1v) is 11.0. The molecule has 0 amide bonds. The van der Waals surface area contributed by atoms with Crippen LogP contribution in [0.2, 0.25) is 0 Å². The minimum Gasteiger partial charge on any atom is -0.0651 e. The van der Waals surface area contributed by atoms with Gasteiger partial charge in [0, 0.05) is 0 Å². The van der Waals surface area contributed by atoms with Gasteiger partial charge < -0.3 is 0 Å². The van der Waals surface area contributed by atoms with Crippen molar-refractivity contribution in [1.82, 2.24) is 0 Å². The molecule has 4 rings (SSSR count). The highest BCUT2D eigenvalue weighted by Crippen LogP contribution is 2.87. The van der Waals surface area contributed by atoms with E-state index in [9.17, 15) is 0 Å². The number of fused-ring (bicyclic) bond motifs is 1. The minimum atomic E-state index is 0.523. The Hall–Kier alpha value is 0. The third-order valence-electron chi connectivity index (χ3n) is 11.3. The van der Waals surface area contributed by atoms with Crippen LogP contribution >= 0.6 is 0 Å². The fourth-order valence-electron chi connectivity index (χ4n) is 10.2. The standard InChI is InChI=1S/C24H42/c1-10-18-14(3)13(2)15(4)21-22(6,7)12-17-11-19-20(16(18)5)24(21,9)23(17,19)8/h13-21H,10-12H2,1-9H3. The molecule has 4 aliphatic rings. The SMILES string of the molecule is CCC1C(C)C(C)C(C)C2C(C)(C)CC3CC4C(C1C)C2(C)C34C. The zero-order chi connectivity index (χ0) is 17.8. The van der Waals surface area contributed by atoms with E-state index in [1.54, 1.807) is 6.42 Å². The van der Waals surface area contributed by atoms with Gasteiger partial charge in [0.05, 0.1) is 0 Å². The summed E-state index contributed by atoms with van der Waals surface area (Å²) in [5.74, 6) is 8.41. The molecule has 0 radical (unpaired) electrons. The maximum atomic E-state index is 2.76. The normalized spacial score (nSPS) is 64.1. The van der Waals surface area contributed by atoms with Crippen molar-refractivity contribution in [3.05, 3.63) is 0 Å². The molecule has 4 saturated carbocycles. The molecule has 0 saturated heterocycles. The molecule has 0 aromatic rings. The summed E-state index contributed by atoms with van der Waals surface area (Å²) >= 11 is 0. The molecule has 11 atom stereocenters. The van der Waals surface area contributed by atoms with Crippen LogP contribution in [0.4, 0.5) is 0 Å². The van der Waals surface area contributed by atoms with Crippen LogP contribution in [0.25, 0.3) is 0 Å². The predicted molar refractivity (Wildman–Crippen MR) is 104 cm³/mol. The average Bonchev–Trinajstić information content (AvgIpc) is 2.49. The van der Waals surface area contributed by atoms with Gasteiger partial charge in [-0.25, -0.2) is 0 Å². The lowest BCUT2D eigenvalue weighted by atomic mass is 9.18. The maximum absolute atomic E-state index is 2.76. The van der Waals surface area contributed by atoms with Crippen LogP contribution in [0.15, 0.2) is 0 Å². The molecule has 11 unspecified atom stereocenters. The molecule has 4 fully saturated rings. The summed E-state index contributed by atoms with van der Waals surface area (Å²) in [6.45, 7) is 23.6. The molecular weight excluding hydrogens is 288 g/mol. The third-order valence-corrected chi connectivity index (χ3v) is 11.3. The Kier molecular flexibility index (Phi) is 3.51. The van der Waals surface area contributed by atoms with Crippen molar-refractivity contribution < 1.29 is 0 Å². The molecule has 138 valence electrons. The first-order valence-electron chi connectivity index (χ1n) is 11.0. The monoisotopic (exact) mass is 330 g/mol. The van der Waals surface area contributed by atoms with E-state index in [2.05, 4.69) is 62.3 Å². The molecule has 0 aromatic heterocycles. The van der Waals surface area contributed by atoms with Crippen molar-refractivity contribution in [2.24, 2.45) is 69.5 Å². The second kappa shape index (κ2) is 4.83. The van der Waals surface area contributed by atoms with Gasteiger partial charge >= 0.3 is 0 Å². The van der Waals surface area contributed by atoms with Crippen molar-refractivity contribution in [2.45, 2.75) is 81.6 Å². The first kappa shape index (κ1) is 17.4. The molecule has 0 heterocycles. The molecule has 0 bridgehead atoms. The second-order valence-corrected chi connectivity index (χ2v) is 11.8. The van der Waals surface area contributed by atoms with E-state index in [0.29, 0.717) is 16.2 Å². The van der Waals surface area contributed by atoms with Gasteiger partial charge in [-0.3, -0.25) is 0 Å². The van der Waals surface area contributed by atoms with Gasteiger partial charge in [0.15, 0.2) is 0 Å². The van der Waals surface area contributed by atoms with Gasteiger partial charge in [-0.15, -0.1) is 0 Å². The summed E-state index contributed by atoms with van der Waals surface area (Å²) in [7, 11) is 0. The lowest BCUT2D eigenvalue weighted by Crippen LogP contribution is -2.81. The van der Waals surface area contributed by atoms with Crippen LogP contribution in [-0.2, 0) is 0 Å². The zero-order valence-electron chi connectivity index (χ0n) is 17.8.